The van der Waals surface area contributed by atoms with Gasteiger partial charge in [0.1, 0.15) is 0 Å². The molecule has 0 saturated carbocycles. The summed E-state index contributed by atoms with van der Waals surface area (Å²) in [5.74, 6) is 0.643. The van der Waals surface area contributed by atoms with Gasteiger partial charge in [0.05, 0.1) is 0 Å². The Kier molecular flexibility index (Phi) is 4.66. The number of nitrogens with zero attached hydrogens (tertiary/aromatic N) is 2. The molecule has 0 aliphatic rings. The van der Waals surface area contributed by atoms with Crippen molar-refractivity contribution in [1.82, 2.24) is 9.97 Å². The van der Waals surface area contributed by atoms with E-state index >= 15 is 0 Å². The minimum atomic E-state index is 0.643. The van der Waals surface area contributed by atoms with Crippen LogP contribution in [-0.2, 0) is 0 Å². The van der Waals surface area contributed by atoms with E-state index in [2.05, 4.69) is 31.2 Å². The zero-order chi connectivity index (χ0) is 12.8. The molecule has 1 aromatic heterocycles. The van der Waals surface area contributed by atoms with E-state index < -0.39 is 0 Å². The van der Waals surface area contributed by atoms with E-state index in [1.807, 2.05) is 36.7 Å². The van der Waals surface area contributed by atoms with Crippen molar-refractivity contribution in [1.29, 1.82) is 0 Å². The number of nitrogens with two attached hydrogens (primary N) is 1. The predicted molar refractivity (Wildman–Crippen MR) is 77.3 cm³/mol. The zero-order valence-corrected chi connectivity index (χ0v) is 11.5. The van der Waals surface area contributed by atoms with Crippen LogP contribution >= 0.6 is 15.9 Å². The Morgan fingerprint density at radius 2 is 1.72 bits per heavy atom. The normalized spacial score (nSPS) is 10.3. The van der Waals surface area contributed by atoms with Crippen LogP contribution in [0.4, 0.5) is 5.95 Å². The molecule has 0 unspecified atom stereocenters. The first-order valence-electron chi connectivity index (χ1n) is 5.81. The molecule has 2 rings (SSSR count). The highest BCUT2D eigenvalue weighted by Crippen LogP contribution is 2.20. The van der Waals surface area contributed by atoms with E-state index in [1.54, 1.807) is 0 Å². The molecule has 0 amide bonds. The van der Waals surface area contributed by atoms with Crippen molar-refractivity contribution in [2.75, 3.05) is 18.4 Å². The fourth-order valence-electron chi connectivity index (χ4n) is 1.51. The molecular weight excluding hydrogens is 292 g/mol. The van der Waals surface area contributed by atoms with Crippen LogP contribution in [0, 0.1) is 0 Å². The summed E-state index contributed by atoms with van der Waals surface area (Å²) in [6.07, 6.45) is 4.56. The minimum absolute atomic E-state index is 0.643. The Morgan fingerprint density at radius 3 is 2.33 bits per heavy atom. The second-order valence-corrected chi connectivity index (χ2v) is 4.79. The largest absolute Gasteiger partial charge is 0.354 e. The summed E-state index contributed by atoms with van der Waals surface area (Å²) in [6, 6.07) is 8.07. The summed E-state index contributed by atoms with van der Waals surface area (Å²) in [5.41, 5.74) is 7.53. The van der Waals surface area contributed by atoms with E-state index in [4.69, 9.17) is 5.73 Å². The lowest BCUT2D eigenvalue weighted by atomic mass is 10.1. The molecule has 0 aliphatic heterocycles. The van der Waals surface area contributed by atoms with Crippen molar-refractivity contribution in [3.63, 3.8) is 0 Å². The zero-order valence-electron chi connectivity index (χ0n) is 9.94. The van der Waals surface area contributed by atoms with Gasteiger partial charge >= 0.3 is 0 Å². The number of hydrogen-bond donors (Lipinski definition) is 2. The highest BCUT2D eigenvalue weighted by Gasteiger charge is 2.00. The fourth-order valence-corrected chi connectivity index (χ4v) is 1.78. The highest BCUT2D eigenvalue weighted by molar-refractivity contribution is 9.10. The third kappa shape index (κ3) is 3.51. The third-order valence-corrected chi connectivity index (χ3v) is 3.02. The Hall–Kier alpha value is -1.46. The maximum Gasteiger partial charge on any atom is 0.222 e. The van der Waals surface area contributed by atoms with Gasteiger partial charge in [-0.2, -0.15) is 0 Å². The first kappa shape index (κ1) is 13.0. The van der Waals surface area contributed by atoms with E-state index in [9.17, 15) is 0 Å². The molecule has 0 fully saturated rings. The average molecular weight is 307 g/mol. The Bertz CT molecular complexity index is 481. The molecule has 4 nitrogen and oxygen atoms in total. The van der Waals surface area contributed by atoms with Gasteiger partial charge in [0.15, 0.2) is 0 Å². The molecule has 5 heteroatoms. The quantitative estimate of drug-likeness (QED) is 0.834. The second kappa shape index (κ2) is 6.47. The average Bonchev–Trinajstić information content (AvgIpc) is 2.41. The molecule has 0 aliphatic carbocycles. The molecule has 0 bridgehead atoms. The summed E-state index contributed by atoms with van der Waals surface area (Å²) in [4.78, 5) is 8.55. The maximum atomic E-state index is 5.42. The number of nitrogens with one attached hydrogen (secondary N) is 1. The van der Waals surface area contributed by atoms with Crippen LogP contribution in [0.1, 0.15) is 6.42 Å². The molecule has 0 saturated heterocycles. The van der Waals surface area contributed by atoms with Gasteiger partial charge in [-0.15, -0.1) is 0 Å². The van der Waals surface area contributed by atoms with Crippen molar-refractivity contribution < 1.29 is 0 Å². The number of halogens is 1. The van der Waals surface area contributed by atoms with Crippen LogP contribution in [0.3, 0.4) is 0 Å². The first-order valence-corrected chi connectivity index (χ1v) is 6.61. The van der Waals surface area contributed by atoms with E-state index in [0.717, 1.165) is 28.6 Å². The Labute approximate surface area is 115 Å². The minimum Gasteiger partial charge on any atom is -0.354 e. The fraction of sp³-hybridized carbons (Fsp3) is 0.231. The lowest BCUT2D eigenvalue weighted by molar-refractivity contribution is 0.864. The standard InChI is InChI=1S/C13H15BrN4/c14-12-4-2-10(3-5-12)11-8-17-13(18-9-11)16-7-1-6-15/h2-5,8-9H,1,6-7,15H2,(H,16,17,18). The Morgan fingerprint density at radius 1 is 1.06 bits per heavy atom. The van der Waals surface area contributed by atoms with Crippen LogP contribution < -0.4 is 11.1 Å². The topological polar surface area (TPSA) is 63.8 Å². The summed E-state index contributed by atoms with van der Waals surface area (Å²) in [6.45, 7) is 1.47. The summed E-state index contributed by atoms with van der Waals surface area (Å²) in [5, 5.41) is 3.12. The molecule has 94 valence electrons. The second-order valence-electron chi connectivity index (χ2n) is 3.87. The predicted octanol–water partition coefficient (Wildman–Crippen LogP) is 2.67. The van der Waals surface area contributed by atoms with Crippen molar-refractivity contribution in [2.24, 2.45) is 5.73 Å². The molecule has 2 aromatic rings. The van der Waals surface area contributed by atoms with E-state index in [-0.39, 0.29) is 0 Å². The molecule has 18 heavy (non-hydrogen) atoms. The van der Waals surface area contributed by atoms with Crippen LogP contribution in [-0.4, -0.2) is 23.1 Å². The smallest absolute Gasteiger partial charge is 0.222 e. The lowest BCUT2D eigenvalue weighted by Gasteiger charge is -2.05. The van der Waals surface area contributed by atoms with Gasteiger partial charge in [-0.05, 0) is 30.7 Å². The van der Waals surface area contributed by atoms with Crippen molar-refractivity contribution in [3.05, 3.63) is 41.1 Å². The van der Waals surface area contributed by atoms with Gasteiger partial charge in [0.2, 0.25) is 5.95 Å². The van der Waals surface area contributed by atoms with Crippen LogP contribution in [0.15, 0.2) is 41.1 Å². The number of rotatable bonds is 5. The molecule has 0 radical (unpaired) electrons. The highest BCUT2D eigenvalue weighted by atomic mass is 79.9. The first-order chi connectivity index (χ1) is 8.79. The van der Waals surface area contributed by atoms with Gasteiger partial charge < -0.3 is 11.1 Å². The maximum absolute atomic E-state index is 5.42. The van der Waals surface area contributed by atoms with Gasteiger partial charge in [-0.25, -0.2) is 9.97 Å². The number of anilines is 1. The molecule has 0 atom stereocenters. The van der Waals surface area contributed by atoms with Crippen molar-refractivity contribution in [3.8, 4) is 11.1 Å². The number of benzene rings is 1. The molecule has 1 heterocycles. The molecule has 1 aromatic carbocycles. The Balaban J connectivity index is 2.05. The van der Waals surface area contributed by atoms with Crippen LogP contribution in [0.25, 0.3) is 11.1 Å². The van der Waals surface area contributed by atoms with Gasteiger partial charge in [0.25, 0.3) is 0 Å². The summed E-state index contributed by atoms with van der Waals surface area (Å²) in [7, 11) is 0. The molecule has 3 N–H and O–H groups in total. The molecule has 0 spiro atoms. The van der Waals surface area contributed by atoms with Gasteiger partial charge in [0, 0.05) is 29.0 Å². The van der Waals surface area contributed by atoms with E-state index in [1.165, 1.54) is 0 Å². The lowest BCUT2D eigenvalue weighted by Crippen LogP contribution is -2.10. The van der Waals surface area contributed by atoms with Gasteiger partial charge in [-0.3, -0.25) is 0 Å². The number of aromatic nitrogens is 2. The molecular formula is C13H15BrN4. The van der Waals surface area contributed by atoms with Gasteiger partial charge in [-0.1, -0.05) is 28.1 Å². The summed E-state index contributed by atoms with van der Waals surface area (Å²) < 4.78 is 1.06. The van der Waals surface area contributed by atoms with Crippen molar-refractivity contribution >= 4 is 21.9 Å². The summed E-state index contributed by atoms with van der Waals surface area (Å²) >= 11 is 3.41. The third-order valence-electron chi connectivity index (χ3n) is 2.49. The van der Waals surface area contributed by atoms with E-state index in [0.29, 0.717) is 12.5 Å². The monoisotopic (exact) mass is 306 g/mol. The van der Waals surface area contributed by atoms with Crippen LogP contribution in [0.5, 0.6) is 0 Å². The van der Waals surface area contributed by atoms with Crippen molar-refractivity contribution in [2.45, 2.75) is 6.42 Å². The van der Waals surface area contributed by atoms with Crippen LogP contribution in [0.2, 0.25) is 0 Å². The number of hydrogen-bond acceptors (Lipinski definition) is 4. The SMILES string of the molecule is NCCCNc1ncc(-c2ccc(Br)cc2)cn1.